The average Bonchev–Trinajstić information content (AvgIpc) is 2.48. The van der Waals surface area contributed by atoms with Crippen molar-refractivity contribution in [2.75, 3.05) is 0 Å². The molecule has 0 aliphatic rings. The van der Waals surface area contributed by atoms with Crippen LogP contribution < -0.4 is 5.63 Å². The van der Waals surface area contributed by atoms with E-state index in [0.29, 0.717) is 21.4 Å². The standard InChI is InChI=1S/C16H11Cl2NO2S/c1-9-5-14-11(7-13(9)18)10(6-15(20)21-14)8-22-16-12(17)3-2-4-19-16/h2-7H,8H2,1H3. The highest BCUT2D eigenvalue weighted by Crippen LogP contribution is 2.31. The van der Waals surface area contributed by atoms with E-state index in [1.54, 1.807) is 24.4 Å². The molecular weight excluding hydrogens is 341 g/mol. The lowest BCUT2D eigenvalue weighted by atomic mass is 10.1. The van der Waals surface area contributed by atoms with Crippen LogP contribution in [0.1, 0.15) is 11.1 Å². The van der Waals surface area contributed by atoms with E-state index in [1.165, 1.54) is 17.8 Å². The van der Waals surface area contributed by atoms with Gasteiger partial charge in [-0.25, -0.2) is 9.78 Å². The number of aromatic nitrogens is 1. The fourth-order valence-electron chi connectivity index (χ4n) is 2.09. The summed E-state index contributed by atoms with van der Waals surface area (Å²) in [6.45, 7) is 1.87. The predicted molar refractivity (Wildman–Crippen MR) is 91.0 cm³/mol. The number of benzene rings is 1. The number of aryl methyl sites for hydroxylation is 1. The molecule has 0 aliphatic carbocycles. The number of rotatable bonds is 3. The van der Waals surface area contributed by atoms with Gasteiger partial charge in [0.25, 0.3) is 0 Å². The molecule has 3 aromatic rings. The van der Waals surface area contributed by atoms with E-state index in [0.717, 1.165) is 21.5 Å². The Labute approximate surface area is 141 Å². The molecule has 0 fully saturated rings. The summed E-state index contributed by atoms with van der Waals surface area (Å²) in [6.07, 6.45) is 1.69. The second-order valence-electron chi connectivity index (χ2n) is 4.77. The fraction of sp³-hybridized carbons (Fsp3) is 0.125. The van der Waals surface area contributed by atoms with Crippen molar-refractivity contribution >= 4 is 45.9 Å². The first-order valence-corrected chi connectivity index (χ1v) is 8.25. The van der Waals surface area contributed by atoms with Gasteiger partial charge in [-0.3, -0.25) is 0 Å². The SMILES string of the molecule is Cc1cc2oc(=O)cc(CSc3ncccc3Cl)c2cc1Cl. The molecule has 0 aliphatic heterocycles. The largest absolute Gasteiger partial charge is 0.423 e. The molecule has 22 heavy (non-hydrogen) atoms. The summed E-state index contributed by atoms with van der Waals surface area (Å²) in [7, 11) is 0. The summed E-state index contributed by atoms with van der Waals surface area (Å²) in [6, 6.07) is 8.65. The maximum Gasteiger partial charge on any atom is 0.336 e. The molecule has 0 unspecified atom stereocenters. The van der Waals surface area contributed by atoms with Gasteiger partial charge in [-0.05, 0) is 42.3 Å². The third-order valence-electron chi connectivity index (χ3n) is 3.20. The van der Waals surface area contributed by atoms with Crippen molar-refractivity contribution in [3.8, 4) is 0 Å². The summed E-state index contributed by atoms with van der Waals surface area (Å²) >= 11 is 13.8. The highest BCUT2D eigenvalue weighted by atomic mass is 35.5. The zero-order chi connectivity index (χ0) is 15.7. The van der Waals surface area contributed by atoms with Crippen LogP contribution in [-0.2, 0) is 5.75 Å². The van der Waals surface area contributed by atoms with E-state index in [4.69, 9.17) is 27.6 Å². The van der Waals surface area contributed by atoms with Crippen LogP contribution in [0.4, 0.5) is 0 Å². The summed E-state index contributed by atoms with van der Waals surface area (Å²) in [5.74, 6) is 0.554. The van der Waals surface area contributed by atoms with Crippen LogP contribution in [0.2, 0.25) is 10.0 Å². The Hall–Kier alpha value is -1.49. The average molecular weight is 352 g/mol. The fourth-order valence-corrected chi connectivity index (χ4v) is 3.41. The molecule has 112 valence electrons. The van der Waals surface area contributed by atoms with E-state index in [-0.39, 0.29) is 5.63 Å². The Morgan fingerprint density at radius 3 is 2.82 bits per heavy atom. The Morgan fingerprint density at radius 2 is 2.05 bits per heavy atom. The van der Waals surface area contributed by atoms with Crippen molar-refractivity contribution in [2.24, 2.45) is 0 Å². The number of fused-ring (bicyclic) bond motifs is 1. The van der Waals surface area contributed by atoms with E-state index in [2.05, 4.69) is 4.98 Å². The topological polar surface area (TPSA) is 43.1 Å². The normalized spacial score (nSPS) is 11.0. The van der Waals surface area contributed by atoms with Crippen LogP contribution in [0.25, 0.3) is 11.0 Å². The van der Waals surface area contributed by atoms with Gasteiger partial charge in [-0.1, -0.05) is 23.2 Å². The molecule has 0 atom stereocenters. The molecule has 0 saturated heterocycles. The molecule has 2 heterocycles. The van der Waals surface area contributed by atoms with Crippen molar-refractivity contribution in [1.82, 2.24) is 4.98 Å². The van der Waals surface area contributed by atoms with Crippen LogP contribution in [0.15, 0.2) is 50.8 Å². The van der Waals surface area contributed by atoms with E-state index in [9.17, 15) is 4.79 Å². The summed E-state index contributed by atoms with van der Waals surface area (Å²) < 4.78 is 5.25. The minimum absolute atomic E-state index is 0.378. The lowest BCUT2D eigenvalue weighted by molar-refractivity contribution is 0.559. The van der Waals surface area contributed by atoms with Gasteiger partial charge in [0, 0.05) is 28.4 Å². The molecule has 0 bridgehead atoms. The lowest BCUT2D eigenvalue weighted by Gasteiger charge is -2.07. The summed E-state index contributed by atoms with van der Waals surface area (Å²) in [5, 5.41) is 2.79. The first-order chi connectivity index (χ1) is 10.5. The third-order valence-corrected chi connectivity index (χ3v) is 5.08. The second-order valence-corrected chi connectivity index (χ2v) is 6.55. The summed E-state index contributed by atoms with van der Waals surface area (Å²) in [4.78, 5) is 16.0. The van der Waals surface area contributed by atoms with Crippen LogP contribution in [0.5, 0.6) is 0 Å². The second kappa shape index (κ2) is 6.32. The van der Waals surface area contributed by atoms with Gasteiger partial charge >= 0.3 is 5.63 Å². The van der Waals surface area contributed by atoms with Crippen molar-refractivity contribution in [1.29, 1.82) is 0 Å². The maximum absolute atomic E-state index is 11.7. The van der Waals surface area contributed by atoms with Crippen LogP contribution >= 0.6 is 35.0 Å². The molecule has 3 rings (SSSR count). The number of halogens is 2. The van der Waals surface area contributed by atoms with Crippen molar-refractivity contribution < 1.29 is 4.42 Å². The smallest absolute Gasteiger partial charge is 0.336 e. The molecule has 2 aromatic heterocycles. The summed E-state index contributed by atoms with van der Waals surface area (Å²) in [5.41, 5.74) is 1.88. The molecule has 0 spiro atoms. The zero-order valence-corrected chi connectivity index (χ0v) is 13.9. The van der Waals surface area contributed by atoms with E-state index < -0.39 is 0 Å². The number of thioether (sulfide) groups is 1. The van der Waals surface area contributed by atoms with Gasteiger partial charge < -0.3 is 4.42 Å². The number of nitrogens with zero attached hydrogens (tertiary/aromatic N) is 1. The number of pyridine rings is 1. The van der Waals surface area contributed by atoms with Gasteiger partial charge in [-0.2, -0.15) is 0 Å². The zero-order valence-electron chi connectivity index (χ0n) is 11.6. The van der Waals surface area contributed by atoms with Crippen LogP contribution in [0, 0.1) is 6.92 Å². The maximum atomic E-state index is 11.7. The Morgan fingerprint density at radius 1 is 1.23 bits per heavy atom. The molecular formula is C16H11Cl2NO2S. The van der Waals surface area contributed by atoms with E-state index in [1.807, 2.05) is 13.0 Å². The Bertz CT molecular complexity index is 908. The Balaban J connectivity index is 2.01. The van der Waals surface area contributed by atoms with Crippen LogP contribution in [0.3, 0.4) is 0 Å². The Kier molecular flexibility index (Phi) is 4.43. The molecule has 0 N–H and O–H groups in total. The van der Waals surface area contributed by atoms with Gasteiger partial charge in [-0.15, -0.1) is 11.8 Å². The molecule has 0 amide bonds. The van der Waals surface area contributed by atoms with Gasteiger partial charge in [0.2, 0.25) is 0 Å². The van der Waals surface area contributed by atoms with Gasteiger partial charge in [0.05, 0.1) is 5.02 Å². The monoisotopic (exact) mass is 351 g/mol. The lowest BCUT2D eigenvalue weighted by Crippen LogP contribution is -2.00. The van der Waals surface area contributed by atoms with Gasteiger partial charge in [0.1, 0.15) is 10.6 Å². The van der Waals surface area contributed by atoms with Crippen molar-refractivity contribution in [3.63, 3.8) is 0 Å². The van der Waals surface area contributed by atoms with Gasteiger partial charge in [0.15, 0.2) is 0 Å². The van der Waals surface area contributed by atoms with E-state index >= 15 is 0 Å². The number of hydrogen-bond acceptors (Lipinski definition) is 4. The predicted octanol–water partition coefficient (Wildman–Crippen LogP) is 5.10. The van der Waals surface area contributed by atoms with Crippen molar-refractivity contribution in [3.05, 3.63) is 68.1 Å². The molecule has 1 aromatic carbocycles. The first-order valence-electron chi connectivity index (χ1n) is 6.51. The first kappa shape index (κ1) is 15.4. The minimum Gasteiger partial charge on any atom is -0.423 e. The highest BCUT2D eigenvalue weighted by molar-refractivity contribution is 7.98. The minimum atomic E-state index is -0.378. The van der Waals surface area contributed by atoms with Crippen molar-refractivity contribution in [2.45, 2.75) is 17.7 Å². The quantitative estimate of drug-likeness (QED) is 0.486. The molecule has 6 heteroatoms. The molecule has 0 radical (unpaired) electrons. The number of hydrogen-bond donors (Lipinski definition) is 0. The molecule has 3 nitrogen and oxygen atoms in total. The molecule has 0 saturated carbocycles. The highest BCUT2D eigenvalue weighted by Gasteiger charge is 2.10. The van der Waals surface area contributed by atoms with Crippen LogP contribution in [-0.4, -0.2) is 4.98 Å². The third kappa shape index (κ3) is 3.14.